The summed E-state index contributed by atoms with van der Waals surface area (Å²) in [4.78, 5) is 0. The summed E-state index contributed by atoms with van der Waals surface area (Å²) in [7, 11) is 0. The standard InChI is InChI=1S/C15H17N/c1-10-8-13(16)9-12-7-6-11-4-2-3-5-14(11)15(10)12/h2-6,9-10,12H,7-8,16H2,1H3. The van der Waals surface area contributed by atoms with Crippen LogP contribution in [-0.2, 0) is 0 Å². The van der Waals surface area contributed by atoms with Crippen LogP contribution in [0.3, 0.4) is 0 Å². The molecule has 1 aromatic carbocycles. The summed E-state index contributed by atoms with van der Waals surface area (Å²) < 4.78 is 0. The van der Waals surface area contributed by atoms with Crippen molar-refractivity contribution in [3.8, 4) is 0 Å². The van der Waals surface area contributed by atoms with E-state index in [1.165, 1.54) is 10.4 Å². The molecule has 0 aliphatic heterocycles. The monoisotopic (exact) mass is 211 g/mol. The molecule has 1 nitrogen and oxygen atoms in total. The summed E-state index contributed by atoms with van der Waals surface area (Å²) in [5.41, 5.74) is 8.64. The molecule has 0 saturated heterocycles. The Morgan fingerprint density at radius 2 is 2.06 bits per heavy atom. The molecular formula is C15H17N. The molecule has 0 aromatic heterocycles. The molecular weight excluding hydrogens is 194 g/mol. The van der Waals surface area contributed by atoms with E-state index in [0.717, 1.165) is 18.5 Å². The van der Waals surface area contributed by atoms with Gasteiger partial charge in [0.15, 0.2) is 0 Å². The SMILES string of the molecule is CC1CC(N)=CC2CC=c3ccccc3=C12. The Bertz CT molecular complexity index is 565. The van der Waals surface area contributed by atoms with E-state index in [1.807, 2.05) is 0 Å². The third-order valence-corrected chi connectivity index (χ3v) is 3.75. The molecule has 2 unspecified atom stereocenters. The van der Waals surface area contributed by atoms with Gasteiger partial charge in [-0.3, -0.25) is 0 Å². The summed E-state index contributed by atoms with van der Waals surface area (Å²) in [6, 6.07) is 8.72. The highest BCUT2D eigenvalue weighted by Crippen LogP contribution is 2.34. The zero-order valence-corrected chi connectivity index (χ0v) is 9.61. The Labute approximate surface area is 96.0 Å². The van der Waals surface area contributed by atoms with Crippen molar-refractivity contribution in [3.63, 3.8) is 0 Å². The Hall–Kier alpha value is -1.50. The highest BCUT2D eigenvalue weighted by Gasteiger charge is 2.25. The van der Waals surface area contributed by atoms with E-state index >= 15 is 0 Å². The van der Waals surface area contributed by atoms with Crippen LogP contribution in [0.4, 0.5) is 0 Å². The number of fused-ring (bicyclic) bond motifs is 2. The molecule has 0 radical (unpaired) electrons. The second-order valence-corrected chi connectivity index (χ2v) is 4.94. The lowest BCUT2D eigenvalue weighted by atomic mass is 9.76. The van der Waals surface area contributed by atoms with E-state index in [1.54, 1.807) is 5.57 Å². The fourth-order valence-electron chi connectivity index (χ4n) is 3.10. The van der Waals surface area contributed by atoms with Gasteiger partial charge in [0.05, 0.1) is 0 Å². The van der Waals surface area contributed by atoms with Crippen molar-refractivity contribution in [2.45, 2.75) is 19.8 Å². The lowest BCUT2D eigenvalue weighted by Crippen LogP contribution is -2.36. The molecule has 0 saturated carbocycles. The average Bonchev–Trinajstić information content (AvgIpc) is 2.28. The first-order valence-corrected chi connectivity index (χ1v) is 6.01. The van der Waals surface area contributed by atoms with Crippen LogP contribution in [0.1, 0.15) is 19.8 Å². The molecule has 3 rings (SSSR count). The van der Waals surface area contributed by atoms with Crippen molar-refractivity contribution < 1.29 is 0 Å². The lowest BCUT2D eigenvalue weighted by molar-refractivity contribution is 0.619. The van der Waals surface area contributed by atoms with Crippen LogP contribution < -0.4 is 16.2 Å². The van der Waals surface area contributed by atoms with E-state index < -0.39 is 0 Å². The third-order valence-electron chi connectivity index (χ3n) is 3.75. The Kier molecular flexibility index (Phi) is 2.13. The zero-order valence-electron chi connectivity index (χ0n) is 9.61. The predicted octanol–water partition coefficient (Wildman–Crippen LogP) is 1.52. The van der Waals surface area contributed by atoms with Crippen molar-refractivity contribution in [1.82, 2.24) is 0 Å². The van der Waals surface area contributed by atoms with Gasteiger partial charge >= 0.3 is 0 Å². The third kappa shape index (κ3) is 1.39. The minimum atomic E-state index is 0.540. The predicted molar refractivity (Wildman–Crippen MR) is 67.7 cm³/mol. The molecule has 0 spiro atoms. The minimum Gasteiger partial charge on any atom is -0.402 e. The second kappa shape index (κ2) is 3.51. The van der Waals surface area contributed by atoms with Gasteiger partial charge in [0, 0.05) is 11.6 Å². The maximum Gasteiger partial charge on any atom is 0.00520 e. The molecule has 2 aliphatic rings. The maximum absolute atomic E-state index is 5.99. The number of allylic oxidation sites excluding steroid dienone is 2. The van der Waals surface area contributed by atoms with Gasteiger partial charge in [-0.1, -0.05) is 48.9 Å². The van der Waals surface area contributed by atoms with Crippen molar-refractivity contribution >= 4 is 11.6 Å². The number of benzene rings is 1. The molecule has 2 N–H and O–H groups in total. The van der Waals surface area contributed by atoms with Gasteiger partial charge in [0.1, 0.15) is 0 Å². The van der Waals surface area contributed by atoms with E-state index in [4.69, 9.17) is 5.73 Å². The summed E-state index contributed by atoms with van der Waals surface area (Å²) in [5.74, 6) is 1.13. The van der Waals surface area contributed by atoms with E-state index in [2.05, 4.69) is 43.3 Å². The molecule has 16 heavy (non-hydrogen) atoms. The van der Waals surface area contributed by atoms with Gasteiger partial charge < -0.3 is 5.73 Å². The van der Waals surface area contributed by atoms with Gasteiger partial charge in [0.2, 0.25) is 0 Å². The van der Waals surface area contributed by atoms with Gasteiger partial charge in [0.25, 0.3) is 0 Å². The molecule has 1 aromatic rings. The summed E-state index contributed by atoms with van der Waals surface area (Å²) in [6.45, 7) is 2.30. The van der Waals surface area contributed by atoms with E-state index in [0.29, 0.717) is 11.8 Å². The van der Waals surface area contributed by atoms with Crippen LogP contribution in [0.15, 0.2) is 36.0 Å². The fraction of sp³-hybridized carbons (Fsp3) is 0.333. The van der Waals surface area contributed by atoms with E-state index in [-0.39, 0.29) is 0 Å². The van der Waals surface area contributed by atoms with Crippen LogP contribution in [0.5, 0.6) is 0 Å². The molecule has 2 atom stereocenters. The van der Waals surface area contributed by atoms with Crippen molar-refractivity contribution in [2.75, 3.05) is 0 Å². The summed E-state index contributed by atoms with van der Waals surface area (Å²) in [5, 5.41) is 2.84. The molecule has 0 bridgehead atoms. The largest absolute Gasteiger partial charge is 0.402 e. The van der Waals surface area contributed by atoms with E-state index in [9.17, 15) is 0 Å². The van der Waals surface area contributed by atoms with Crippen molar-refractivity contribution in [3.05, 3.63) is 46.5 Å². The Morgan fingerprint density at radius 1 is 1.25 bits per heavy atom. The maximum atomic E-state index is 5.99. The first kappa shape index (κ1) is 9.71. The molecule has 1 heteroatoms. The van der Waals surface area contributed by atoms with Crippen molar-refractivity contribution in [2.24, 2.45) is 17.6 Å². The summed E-state index contributed by atoms with van der Waals surface area (Å²) in [6.07, 6.45) is 6.71. The molecule has 82 valence electrons. The normalized spacial score (nSPS) is 27.6. The number of nitrogens with two attached hydrogens (primary N) is 1. The Balaban J connectivity index is 2.32. The van der Waals surface area contributed by atoms with Crippen LogP contribution in [0, 0.1) is 11.8 Å². The van der Waals surface area contributed by atoms with Gasteiger partial charge in [-0.15, -0.1) is 0 Å². The molecule has 2 aliphatic carbocycles. The van der Waals surface area contributed by atoms with Crippen LogP contribution in [0.25, 0.3) is 11.6 Å². The van der Waals surface area contributed by atoms with Crippen LogP contribution in [-0.4, -0.2) is 0 Å². The number of hydrogen-bond donors (Lipinski definition) is 1. The Morgan fingerprint density at radius 3 is 2.94 bits per heavy atom. The molecule has 0 amide bonds. The first-order valence-electron chi connectivity index (χ1n) is 6.01. The van der Waals surface area contributed by atoms with Gasteiger partial charge in [-0.25, -0.2) is 0 Å². The zero-order chi connectivity index (χ0) is 11.1. The number of hydrogen-bond acceptors (Lipinski definition) is 1. The fourth-order valence-corrected chi connectivity index (χ4v) is 3.10. The highest BCUT2D eigenvalue weighted by molar-refractivity contribution is 5.60. The lowest BCUT2D eigenvalue weighted by Gasteiger charge is -2.30. The number of rotatable bonds is 0. The quantitative estimate of drug-likeness (QED) is 0.692. The van der Waals surface area contributed by atoms with Crippen LogP contribution in [0.2, 0.25) is 0 Å². The van der Waals surface area contributed by atoms with Gasteiger partial charge in [-0.2, -0.15) is 0 Å². The van der Waals surface area contributed by atoms with Crippen LogP contribution >= 0.6 is 0 Å². The minimum absolute atomic E-state index is 0.540. The summed E-state index contributed by atoms with van der Waals surface area (Å²) >= 11 is 0. The molecule has 0 heterocycles. The second-order valence-electron chi connectivity index (χ2n) is 4.94. The highest BCUT2D eigenvalue weighted by atomic mass is 14.6. The first-order chi connectivity index (χ1) is 7.75. The van der Waals surface area contributed by atoms with Crippen molar-refractivity contribution in [1.29, 1.82) is 0 Å². The molecule has 0 fully saturated rings. The smallest absolute Gasteiger partial charge is 0.00520 e. The van der Waals surface area contributed by atoms with Gasteiger partial charge in [-0.05, 0) is 29.2 Å². The average molecular weight is 211 g/mol. The topological polar surface area (TPSA) is 26.0 Å².